The molecule has 7 heteroatoms. The summed E-state index contributed by atoms with van der Waals surface area (Å²) >= 11 is 1.52. The van der Waals surface area contributed by atoms with Gasteiger partial charge in [0.15, 0.2) is 5.82 Å². The molecule has 0 unspecified atom stereocenters. The summed E-state index contributed by atoms with van der Waals surface area (Å²) in [6.07, 6.45) is 0. The minimum absolute atomic E-state index is 0.601. The van der Waals surface area contributed by atoms with Crippen LogP contribution in [0.1, 0.15) is 11.1 Å². The average molecular weight is 414 g/mol. The van der Waals surface area contributed by atoms with Gasteiger partial charge in [0, 0.05) is 11.3 Å². The van der Waals surface area contributed by atoms with Crippen molar-refractivity contribution < 1.29 is 4.74 Å². The lowest BCUT2D eigenvalue weighted by atomic mass is 10.00. The number of benzene rings is 3. The van der Waals surface area contributed by atoms with Gasteiger partial charge in [0.2, 0.25) is 5.16 Å². The molecule has 0 amide bonds. The Labute approximate surface area is 178 Å². The molecule has 4 aromatic rings. The van der Waals surface area contributed by atoms with E-state index >= 15 is 0 Å². The summed E-state index contributed by atoms with van der Waals surface area (Å²) in [4.78, 5) is 0. The van der Waals surface area contributed by atoms with Crippen LogP contribution in [0.25, 0.3) is 22.5 Å². The second-order valence-electron chi connectivity index (χ2n) is 6.55. The highest BCUT2D eigenvalue weighted by Gasteiger charge is 2.12. The third-order valence-corrected chi connectivity index (χ3v) is 5.71. The fraction of sp³-hybridized carbons (Fsp3) is 0.0870. The maximum absolute atomic E-state index is 9.29. The van der Waals surface area contributed by atoms with Crippen molar-refractivity contribution in [2.75, 3.05) is 13.0 Å². The third kappa shape index (κ3) is 4.00. The first-order valence-electron chi connectivity index (χ1n) is 9.26. The van der Waals surface area contributed by atoms with Gasteiger partial charge in [-0.1, -0.05) is 54.2 Å². The van der Waals surface area contributed by atoms with Crippen LogP contribution in [0.4, 0.5) is 0 Å². The Bertz CT molecular complexity index is 1190. The topological polar surface area (TPSA) is 89.8 Å². The summed E-state index contributed by atoms with van der Waals surface area (Å²) in [5.74, 6) is 8.29. The van der Waals surface area contributed by atoms with E-state index < -0.39 is 0 Å². The highest BCUT2D eigenvalue weighted by molar-refractivity contribution is 7.98. The van der Waals surface area contributed by atoms with Gasteiger partial charge < -0.3 is 10.6 Å². The second-order valence-corrected chi connectivity index (χ2v) is 7.49. The number of hydrogen-bond acceptors (Lipinski definition) is 6. The van der Waals surface area contributed by atoms with E-state index in [9.17, 15) is 5.26 Å². The zero-order valence-corrected chi connectivity index (χ0v) is 17.1. The molecule has 6 nitrogen and oxygen atoms in total. The normalized spacial score (nSPS) is 10.5. The van der Waals surface area contributed by atoms with Crippen LogP contribution in [0.15, 0.2) is 78.0 Å². The smallest absolute Gasteiger partial charge is 0.210 e. The van der Waals surface area contributed by atoms with Crippen molar-refractivity contribution in [3.63, 3.8) is 0 Å². The Balaban J connectivity index is 1.46. The van der Waals surface area contributed by atoms with E-state index in [4.69, 9.17) is 10.6 Å². The maximum Gasteiger partial charge on any atom is 0.210 e. The predicted molar refractivity (Wildman–Crippen MR) is 118 cm³/mol. The Kier molecular flexibility index (Phi) is 5.68. The molecule has 2 N–H and O–H groups in total. The minimum Gasteiger partial charge on any atom is -0.497 e. The number of ether oxygens (including phenoxy) is 1. The Morgan fingerprint density at radius 3 is 2.37 bits per heavy atom. The SMILES string of the molecule is COc1ccc(-c2nnc(SCc3ccc(-c4ccccc4C#N)cc3)n2N)cc1. The lowest BCUT2D eigenvalue weighted by molar-refractivity contribution is 0.415. The molecule has 0 radical (unpaired) electrons. The number of methoxy groups -OCH3 is 1. The van der Waals surface area contributed by atoms with Gasteiger partial charge in [-0.2, -0.15) is 5.26 Å². The summed E-state index contributed by atoms with van der Waals surface area (Å²) in [5.41, 5.74) is 4.63. The molecule has 0 saturated carbocycles. The molecule has 0 aliphatic carbocycles. The molecule has 30 heavy (non-hydrogen) atoms. The van der Waals surface area contributed by atoms with E-state index in [0.717, 1.165) is 28.0 Å². The molecule has 0 spiro atoms. The second kappa shape index (κ2) is 8.72. The van der Waals surface area contributed by atoms with Crippen LogP contribution in [0.2, 0.25) is 0 Å². The Hall–Kier alpha value is -3.76. The first kappa shape index (κ1) is 19.6. The van der Waals surface area contributed by atoms with Crippen LogP contribution in [-0.4, -0.2) is 22.0 Å². The number of rotatable bonds is 6. The van der Waals surface area contributed by atoms with E-state index in [0.29, 0.717) is 22.3 Å². The van der Waals surface area contributed by atoms with Gasteiger partial charge >= 0.3 is 0 Å². The average Bonchev–Trinajstić information content (AvgIpc) is 3.18. The molecule has 1 aromatic heterocycles. The van der Waals surface area contributed by atoms with Gasteiger partial charge in [0.05, 0.1) is 18.7 Å². The molecule has 0 aliphatic heterocycles. The summed E-state index contributed by atoms with van der Waals surface area (Å²) in [6, 6.07) is 25.5. The molecule has 0 aliphatic rings. The van der Waals surface area contributed by atoms with Gasteiger partial charge in [0.25, 0.3) is 0 Å². The molecule has 3 aromatic carbocycles. The van der Waals surface area contributed by atoms with Gasteiger partial charge in [-0.25, -0.2) is 4.68 Å². The first-order chi connectivity index (χ1) is 14.7. The van der Waals surface area contributed by atoms with Crippen molar-refractivity contribution in [1.82, 2.24) is 14.9 Å². The number of nitrogen functional groups attached to an aromatic ring is 1. The quantitative estimate of drug-likeness (QED) is 0.370. The van der Waals surface area contributed by atoms with Crippen molar-refractivity contribution in [3.05, 3.63) is 83.9 Å². The molecule has 0 bridgehead atoms. The number of thioether (sulfide) groups is 1. The van der Waals surface area contributed by atoms with Crippen molar-refractivity contribution in [2.24, 2.45) is 0 Å². The molecule has 0 atom stereocenters. The van der Waals surface area contributed by atoms with Gasteiger partial charge in [-0.3, -0.25) is 0 Å². The molecule has 4 rings (SSSR count). The van der Waals surface area contributed by atoms with Crippen LogP contribution in [0.5, 0.6) is 5.75 Å². The number of nitrogens with two attached hydrogens (primary N) is 1. The summed E-state index contributed by atoms with van der Waals surface area (Å²) < 4.78 is 6.69. The Morgan fingerprint density at radius 2 is 1.67 bits per heavy atom. The lowest BCUT2D eigenvalue weighted by Crippen LogP contribution is -2.11. The lowest BCUT2D eigenvalue weighted by Gasteiger charge is -2.07. The summed E-state index contributed by atoms with van der Waals surface area (Å²) in [6.45, 7) is 0. The number of nitriles is 1. The number of aromatic nitrogens is 3. The van der Waals surface area contributed by atoms with Crippen LogP contribution in [0.3, 0.4) is 0 Å². The van der Waals surface area contributed by atoms with Crippen molar-refractivity contribution in [2.45, 2.75) is 10.9 Å². The Morgan fingerprint density at radius 1 is 0.967 bits per heavy atom. The monoisotopic (exact) mass is 413 g/mol. The molecular formula is C23H19N5OS. The van der Waals surface area contributed by atoms with Crippen molar-refractivity contribution >= 4 is 11.8 Å². The van der Waals surface area contributed by atoms with Crippen LogP contribution < -0.4 is 10.6 Å². The van der Waals surface area contributed by atoms with Gasteiger partial charge in [-0.05, 0) is 47.0 Å². The third-order valence-electron chi connectivity index (χ3n) is 4.69. The summed E-state index contributed by atoms with van der Waals surface area (Å²) in [5, 5.41) is 18.4. The molecular weight excluding hydrogens is 394 g/mol. The summed E-state index contributed by atoms with van der Waals surface area (Å²) in [7, 11) is 1.63. The standard InChI is InChI=1S/C23H19N5OS/c1-29-20-12-10-18(11-13-20)22-26-27-23(28(22)25)30-15-16-6-8-17(9-7-16)21-5-3-2-4-19(21)14-24/h2-13H,15,25H2,1H3. The zero-order chi connectivity index (χ0) is 20.9. The molecule has 1 heterocycles. The fourth-order valence-electron chi connectivity index (χ4n) is 3.07. The number of nitrogens with zero attached hydrogens (tertiary/aromatic N) is 4. The van der Waals surface area contributed by atoms with E-state index in [-0.39, 0.29) is 0 Å². The maximum atomic E-state index is 9.29. The van der Waals surface area contributed by atoms with Crippen molar-refractivity contribution in [1.29, 1.82) is 5.26 Å². The molecule has 0 fully saturated rings. The molecule has 0 saturated heterocycles. The van der Waals surface area contributed by atoms with Gasteiger partial charge in [-0.15, -0.1) is 10.2 Å². The van der Waals surface area contributed by atoms with E-state index in [1.54, 1.807) is 7.11 Å². The number of hydrogen-bond donors (Lipinski definition) is 1. The fourth-order valence-corrected chi connectivity index (χ4v) is 3.89. The van der Waals surface area contributed by atoms with E-state index in [1.165, 1.54) is 16.4 Å². The van der Waals surface area contributed by atoms with E-state index in [2.05, 4.69) is 28.4 Å². The predicted octanol–water partition coefficient (Wildman–Crippen LogP) is 4.50. The van der Waals surface area contributed by atoms with Crippen LogP contribution >= 0.6 is 11.8 Å². The highest BCUT2D eigenvalue weighted by Crippen LogP contribution is 2.27. The van der Waals surface area contributed by atoms with E-state index in [1.807, 2.05) is 60.7 Å². The first-order valence-corrected chi connectivity index (χ1v) is 10.2. The minimum atomic E-state index is 0.601. The van der Waals surface area contributed by atoms with Crippen LogP contribution in [0, 0.1) is 11.3 Å². The van der Waals surface area contributed by atoms with Crippen LogP contribution in [-0.2, 0) is 5.75 Å². The largest absolute Gasteiger partial charge is 0.497 e. The zero-order valence-electron chi connectivity index (χ0n) is 16.3. The van der Waals surface area contributed by atoms with Crippen molar-refractivity contribution in [3.8, 4) is 34.3 Å². The highest BCUT2D eigenvalue weighted by atomic mass is 32.2. The van der Waals surface area contributed by atoms with Gasteiger partial charge in [0.1, 0.15) is 5.75 Å². The molecule has 148 valence electrons.